The van der Waals surface area contributed by atoms with E-state index in [0.717, 1.165) is 6.07 Å². The number of aromatic nitrogens is 1. The average Bonchev–Trinajstić information content (AvgIpc) is 1.99. The molecule has 0 saturated heterocycles. The summed E-state index contributed by atoms with van der Waals surface area (Å²) in [6.45, 7) is 1.54. The van der Waals surface area contributed by atoms with Gasteiger partial charge in [-0.2, -0.15) is 0 Å². The highest BCUT2D eigenvalue weighted by molar-refractivity contribution is 5.65. The number of aryl methyl sites for hydroxylation is 1. The maximum Gasteiger partial charge on any atom is 0.280 e. The molecule has 0 amide bonds. The second-order valence-electron chi connectivity index (χ2n) is 2.44. The fourth-order valence-corrected chi connectivity index (χ4v) is 0.844. The van der Waals surface area contributed by atoms with Crippen LogP contribution < -0.4 is 11.5 Å². The van der Waals surface area contributed by atoms with Crippen molar-refractivity contribution < 1.29 is 8.78 Å². The number of nitrogens with two attached hydrogens (primary N) is 2. The zero-order chi connectivity index (χ0) is 9.30. The molecule has 0 spiro atoms. The van der Waals surface area contributed by atoms with Crippen molar-refractivity contribution in [2.75, 3.05) is 11.5 Å². The minimum absolute atomic E-state index is 0.151. The van der Waals surface area contributed by atoms with E-state index in [1.165, 1.54) is 6.92 Å². The molecule has 0 bridgehead atoms. The van der Waals surface area contributed by atoms with Gasteiger partial charge in [-0.15, -0.1) is 0 Å². The monoisotopic (exact) mass is 173 g/mol. The zero-order valence-electron chi connectivity index (χ0n) is 6.51. The fraction of sp³-hybridized carbons (Fsp3) is 0.286. The van der Waals surface area contributed by atoms with Gasteiger partial charge in [0.15, 0.2) is 0 Å². The Kier molecular flexibility index (Phi) is 2.12. The molecule has 0 unspecified atom stereocenters. The Hall–Kier alpha value is -1.39. The molecular weight excluding hydrogens is 164 g/mol. The Balaban J connectivity index is 3.21. The molecule has 0 aliphatic heterocycles. The van der Waals surface area contributed by atoms with Gasteiger partial charge in [-0.1, -0.05) is 0 Å². The van der Waals surface area contributed by atoms with Crippen LogP contribution in [0.2, 0.25) is 0 Å². The first-order valence-corrected chi connectivity index (χ1v) is 3.33. The van der Waals surface area contributed by atoms with E-state index in [-0.39, 0.29) is 17.1 Å². The molecule has 3 nitrogen and oxygen atoms in total. The van der Waals surface area contributed by atoms with Crippen molar-refractivity contribution in [3.8, 4) is 0 Å². The van der Waals surface area contributed by atoms with Gasteiger partial charge in [0, 0.05) is 0 Å². The van der Waals surface area contributed by atoms with Crippen molar-refractivity contribution >= 4 is 11.4 Å². The smallest absolute Gasteiger partial charge is 0.280 e. The van der Waals surface area contributed by atoms with Crippen LogP contribution in [-0.2, 0) is 0 Å². The number of nitrogen functional groups attached to an aromatic ring is 2. The van der Waals surface area contributed by atoms with E-state index in [1.807, 2.05) is 0 Å². The van der Waals surface area contributed by atoms with Crippen LogP contribution in [0.25, 0.3) is 0 Å². The highest BCUT2D eigenvalue weighted by Crippen LogP contribution is 2.24. The topological polar surface area (TPSA) is 64.9 Å². The van der Waals surface area contributed by atoms with Crippen molar-refractivity contribution in [1.29, 1.82) is 0 Å². The second kappa shape index (κ2) is 2.92. The number of rotatable bonds is 1. The van der Waals surface area contributed by atoms with Crippen LogP contribution in [0.3, 0.4) is 0 Å². The molecule has 1 aromatic heterocycles. The van der Waals surface area contributed by atoms with Crippen molar-refractivity contribution in [2.24, 2.45) is 0 Å². The van der Waals surface area contributed by atoms with Crippen LogP contribution in [0.1, 0.15) is 17.8 Å². The summed E-state index contributed by atoms with van der Waals surface area (Å²) < 4.78 is 24.2. The van der Waals surface area contributed by atoms with Crippen molar-refractivity contribution in [1.82, 2.24) is 4.98 Å². The normalized spacial score (nSPS) is 10.7. The van der Waals surface area contributed by atoms with Crippen molar-refractivity contribution in [3.05, 3.63) is 17.5 Å². The average molecular weight is 173 g/mol. The maximum absolute atomic E-state index is 12.1. The molecule has 5 heteroatoms. The summed E-state index contributed by atoms with van der Waals surface area (Å²) in [5.74, 6) is 0. The highest BCUT2D eigenvalue weighted by Gasteiger charge is 2.11. The first kappa shape index (κ1) is 8.70. The van der Waals surface area contributed by atoms with E-state index in [2.05, 4.69) is 4.98 Å². The molecule has 0 aliphatic rings. The van der Waals surface area contributed by atoms with E-state index >= 15 is 0 Å². The van der Waals surface area contributed by atoms with E-state index in [4.69, 9.17) is 11.5 Å². The summed E-state index contributed by atoms with van der Waals surface area (Å²) in [5, 5.41) is 0. The lowest BCUT2D eigenvalue weighted by Gasteiger charge is -2.06. The Bertz CT molecular complexity index is 276. The molecule has 0 radical (unpaired) electrons. The van der Waals surface area contributed by atoms with Crippen molar-refractivity contribution in [2.45, 2.75) is 13.3 Å². The zero-order valence-corrected chi connectivity index (χ0v) is 6.51. The molecule has 12 heavy (non-hydrogen) atoms. The van der Waals surface area contributed by atoms with Gasteiger partial charge in [0.2, 0.25) is 0 Å². The summed E-state index contributed by atoms with van der Waals surface area (Å²) >= 11 is 0. The molecule has 1 aromatic rings. The number of hydrogen-bond acceptors (Lipinski definition) is 3. The Morgan fingerprint density at radius 3 is 2.42 bits per heavy atom. The van der Waals surface area contributed by atoms with Gasteiger partial charge < -0.3 is 11.5 Å². The summed E-state index contributed by atoms with van der Waals surface area (Å²) in [4.78, 5) is 3.58. The SMILES string of the molecule is Cc1nc(C(F)F)cc(N)c1N. The lowest BCUT2D eigenvalue weighted by molar-refractivity contribution is 0.146. The summed E-state index contributed by atoms with van der Waals surface area (Å²) in [5.41, 5.74) is 11.2. The van der Waals surface area contributed by atoms with E-state index in [0.29, 0.717) is 5.69 Å². The minimum Gasteiger partial charge on any atom is -0.397 e. The predicted octanol–water partition coefficient (Wildman–Crippen LogP) is 1.49. The summed E-state index contributed by atoms with van der Waals surface area (Å²) in [6, 6.07) is 1.09. The van der Waals surface area contributed by atoms with E-state index in [1.54, 1.807) is 0 Å². The van der Waals surface area contributed by atoms with Crippen LogP contribution >= 0.6 is 0 Å². The number of alkyl halides is 2. The lowest BCUT2D eigenvalue weighted by atomic mass is 10.2. The first-order chi connectivity index (χ1) is 5.52. The molecule has 0 atom stereocenters. The number of pyridine rings is 1. The number of anilines is 2. The van der Waals surface area contributed by atoms with Crippen LogP contribution in [-0.4, -0.2) is 4.98 Å². The minimum atomic E-state index is -2.61. The molecule has 1 heterocycles. The van der Waals surface area contributed by atoms with Gasteiger partial charge in [0.25, 0.3) is 6.43 Å². The Labute approximate surface area is 68.4 Å². The fourth-order valence-electron chi connectivity index (χ4n) is 0.844. The van der Waals surface area contributed by atoms with Crippen LogP contribution in [0.15, 0.2) is 6.07 Å². The second-order valence-corrected chi connectivity index (χ2v) is 2.44. The summed E-state index contributed by atoms with van der Waals surface area (Å²) in [6.07, 6.45) is -2.61. The van der Waals surface area contributed by atoms with Crippen LogP contribution in [0, 0.1) is 6.92 Å². The molecule has 1 rings (SSSR count). The molecular formula is C7H9F2N3. The predicted molar refractivity (Wildman–Crippen MR) is 42.8 cm³/mol. The molecule has 4 N–H and O–H groups in total. The third-order valence-corrected chi connectivity index (χ3v) is 1.52. The van der Waals surface area contributed by atoms with Crippen LogP contribution in [0.5, 0.6) is 0 Å². The molecule has 66 valence electrons. The highest BCUT2D eigenvalue weighted by atomic mass is 19.3. The lowest BCUT2D eigenvalue weighted by Crippen LogP contribution is -2.02. The van der Waals surface area contributed by atoms with Gasteiger partial charge in [-0.3, -0.25) is 0 Å². The largest absolute Gasteiger partial charge is 0.397 e. The van der Waals surface area contributed by atoms with Crippen molar-refractivity contribution in [3.63, 3.8) is 0 Å². The Morgan fingerprint density at radius 1 is 1.42 bits per heavy atom. The van der Waals surface area contributed by atoms with E-state index in [9.17, 15) is 8.78 Å². The molecule has 0 saturated carbocycles. The third kappa shape index (κ3) is 1.44. The van der Waals surface area contributed by atoms with E-state index < -0.39 is 6.43 Å². The standard InChI is InChI=1S/C7H9F2N3/c1-3-6(11)4(10)2-5(12-3)7(8)9/h2,7H,11H2,1H3,(H2,10,12). The number of halogens is 2. The summed E-state index contributed by atoms with van der Waals surface area (Å²) in [7, 11) is 0. The first-order valence-electron chi connectivity index (χ1n) is 3.33. The number of hydrogen-bond donors (Lipinski definition) is 2. The Morgan fingerprint density at radius 2 is 2.00 bits per heavy atom. The molecule has 0 fully saturated rings. The molecule has 0 aromatic carbocycles. The third-order valence-electron chi connectivity index (χ3n) is 1.52. The van der Waals surface area contributed by atoms with Gasteiger partial charge >= 0.3 is 0 Å². The van der Waals surface area contributed by atoms with Gasteiger partial charge in [0.05, 0.1) is 17.1 Å². The van der Waals surface area contributed by atoms with Gasteiger partial charge in [-0.25, -0.2) is 13.8 Å². The van der Waals surface area contributed by atoms with Crippen LogP contribution in [0.4, 0.5) is 20.2 Å². The number of nitrogens with zero attached hydrogens (tertiary/aromatic N) is 1. The van der Waals surface area contributed by atoms with Gasteiger partial charge in [-0.05, 0) is 13.0 Å². The maximum atomic E-state index is 12.1. The van der Waals surface area contributed by atoms with Gasteiger partial charge in [0.1, 0.15) is 5.69 Å². The quantitative estimate of drug-likeness (QED) is 0.676. The molecule has 0 aliphatic carbocycles.